The molecule has 1 aliphatic rings. The van der Waals surface area contributed by atoms with E-state index in [4.69, 9.17) is 10.5 Å². The average molecular weight is 236 g/mol. The summed E-state index contributed by atoms with van der Waals surface area (Å²) in [6.45, 7) is 3.30. The van der Waals surface area contributed by atoms with Gasteiger partial charge in [0.15, 0.2) is 0 Å². The lowest BCUT2D eigenvalue weighted by Gasteiger charge is -2.35. The van der Waals surface area contributed by atoms with Crippen molar-refractivity contribution in [2.75, 3.05) is 32.5 Å². The highest BCUT2D eigenvalue weighted by molar-refractivity contribution is 7.89. The first-order valence-corrected chi connectivity index (χ1v) is 6.83. The van der Waals surface area contributed by atoms with Crippen molar-refractivity contribution in [3.05, 3.63) is 0 Å². The van der Waals surface area contributed by atoms with Gasteiger partial charge in [0.1, 0.15) is 0 Å². The lowest BCUT2D eigenvalue weighted by molar-refractivity contribution is 0.0184. The molecule has 0 aromatic heterocycles. The molecule has 1 fully saturated rings. The van der Waals surface area contributed by atoms with Crippen LogP contribution in [0.2, 0.25) is 0 Å². The van der Waals surface area contributed by atoms with E-state index < -0.39 is 10.0 Å². The van der Waals surface area contributed by atoms with Gasteiger partial charge in [0.2, 0.25) is 10.0 Å². The van der Waals surface area contributed by atoms with E-state index in [1.54, 1.807) is 7.11 Å². The van der Waals surface area contributed by atoms with Crippen molar-refractivity contribution in [1.29, 1.82) is 0 Å². The Labute approximate surface area is 91.6 Å². The summed E-state index contributed by atoms with van der Waals surface area (Å²) in [7, 11) is -1.55. The molecule has 1 rings (SSSR count). The minimum absolute atomic E-state index is 0.00583. The van der Waals surface area contributed by atoms with Crippen LogP contribution in [0, 0.1) is 5.92 Å². The fourth-order valence-corrected chi connectivity index (χ4v) is 3.16. The van der Waals surface area contributed by atoms with E-state index >= 15 is 0 Å². The number of ether oxygens (including phenoxy) is 1. The Balaban J connectivity index is 2.66. The van der Waals surface area contributed by atoms with Gasteiger partial charge >= 0.3 is 0 Å². The summed E-state index contributed by atoms with van der Waals surface area (Å²) >= 11 is 0. The summed E-state index contributed by atoms with van der Waals surface area (Å²) < 4.78 is 30.3. The number of rotatable bonds is 4. The Kier molecular flexibility index (Phi) is 4.51. The van der Waals surface area contributed by atoms with Crippen LogP contribution in [-0.4, -0.2) is 51.3 Å². The van der Waals surface area contributed by atoms with Crippen molar-refractivity contribution in [1.82, 2.24) is 4.31 Å². The number of hydrogen-bond donors (Lipinski definition) is 1. The van der Waals surface area contributed by atoms with Crippen molar-refractivity contribution in [2.24, 2.45) is 11.7 Å². The first-order chi connectivity index (χ1) is 7.01. The van der Waals surface area contributed by atoms with E-state index in [0.717, 1.165) is 6.42 Å². The molecule has 0 spiro atoms. The third kappa shape index (κ3) is 3.14. The molecule has 6 heteroatoms. The number of sulfonamides is 1. The molecule has 90 valence electrons. The number of methoxy groups -OCH3 is 1. The average Bonchev–Trinajstić information content (AvgIpc) is 2.18. The van der Waals surface area contributed by atoms with Crippen molar-refractivity contribution >= 4 is 10.0 Å². The molecule has 2 unspecified atom stereocenters. The number of hydrogen-bond acceptors (Lipinski definition) is 4. The van der Waals surface area contributed by atoms with Crippen LogP contribution in [-0.2, 0) is 14.8 Å². The zero-order chi connectivity index (χ0) is 11.5. The van der Waals surface area contributed by atoms with Gasteiger partial charge in [0.25, 0.3) is 0 Å². The lowest BCUT2D eigenvalue weighted by Crippen LogP contribution is -2.47. The molecule has 0 radical (unpaired) electrons. The molecule has 2 N–H and O–H groups in total. The molecule has 0 aliphatic carbocycles. The summed E-state index contributed by atoms with van der Waals surface area (Å²) in [6.07, 6.45) is 0.855. The lowest BCUT2D eigenvalue weighted by atomic mass is 9.97. The molecule has 0 amide bonds. The summed E-state index contributed by atoms with van der Waals surface area (Å²) in [5, 5.41) is 0. The first kappa shape index (κ1) is 12.9. The molecule has 2 atom stereocenters. The third-order valence-electron chi connectivity index (χ3n) is 2.92. The molecule has 0 aromatic rings. The summed E-state index contributed by atoms with van der Waals surface area (Å²) in [4.78, 5) is 0. The SMILES string of the molecule is COC1CN(S(=O)(=O)CCN)CCC1C. The molecule has 15 heavy (non-hydrogen) atoms. The van der Waals surface area contributed by atoms with Crippen LogP contribution in [0.3, 0.4) is 0 Å². The molecule has 1 aliphatic heterocycles. The third-order valence-corrected chi connectivity index (χ3v) is 4.79. The molecular weight excluding hydrogens is 216 g/mol. The van der Waals surface area contributed by atoms with Crippen LogP contribution in [0.4, 0.5) is 0 Å². The smallest absolute Gasteiger partial charge is 0.215 e. The quantitative estimate of drug-likeness (QED) is 0.723. The van der Waals surface area contributed by atoms with Crippen molar-refractivity contribution in [3.8, 4) is 0 Å². The van der Waals surface area contributed by atoms with Crippen molar-refractivity contribution in [2.45, 2.75) is 19.4 Å². The van der Waals surface area contributed by atoms with Gasteiger partial charge in [0, 0.05) is 26.7 Å². The summed E-state index contributed by atoms with van der Waals surface area (Å²) in [5.74, 6) is 0.442. The highest BCUT2D eigenvalue weighted by Gasteiger charge is 2.32. The minimum Gasteiger partial charge on any atom is -0.380 e. The Bertz CT molecular complexity index is 292. The van der Waals surface area contributed by atoms with Crippen LogP contribution in [0.15, 0.2) is 0 Å². The number of nitrogens with two attached hydrogens (primary N) is 1. The van der Waals surface area contributed by atoms with Gasteiger partial charge in [0.05, 0.1) is 11.9 Å². The Morgan fingerprint density at radius 3 is 2.73 bits per heavy atom. The van der Waals surface area contributed by atoms with Crippen LogP contribution in [0.25, 0.3) is 0 Å². The van der Waals surface area contributed by atoms with Crippen LogP contribution in [0.5, 0.6) is 0 Å². The molecule has 1 saturated heterocycles. The molecule has 0 bridgehead atoms. The van der Waals surface area contributed by atoms with E-state index in [1.807, 2.05) is 0 Å². The fraction of sp³-hybridized carbons (Fsp3) is 1.00. The van der Waals surface area contributed by atoms with Gasteiger partial charge in [-0.05, 0) is 12.3 Å². The van der Waals surface area contributed by atoms with Gasteiger partial charge in [-0.3, -0.25) is 0 Å². The largest absolute Gasteiger partial charge is 0.380 e. The maximum Gasteiger partial charge on any atom is 0.215 e. The summed E-state index contributed by atoms with van der Waals surface area (Å²) in [6, 6.07) is 0. The molecule has 1 heterocycles. The van der Waals surface area contributed by atoms with E-state index in [-0.39, 0.29) is 18.4 Å². The Morgan fingerprint density at radius 1 is 1.53 bits per heavy atom. The molecule has 0 saturated carbocycles. The van der Waals surface area contributed by atoms with Gasteiger partial charge < -0.3 is 10.5 Å². The maximum absolute atomic E-state index is 11.7. The Hall–Kier alpha value is -0.170. The van der Waals surface area contributed by atoms with E-state index in [1.165, 1.54) is 4.31 Å². The van der Waals surface area contributed by atoms with E-state index in [9.17, 15) is 8.42 Å². The molecule has 0 aromatic carbocycles. The zero-order valence-electron chi connectivity index (χ0n) is 9.35. The van der Waals surface area contributed by atoms with Crippen LogP contribution >= 0.6 is 0 Å². The molecular formula is C9H20N2O3S. The first-order valence-electron chi connectivity index (χ1n) is 5.22. The fourth-order valence-electron chi connectivity index (χ4n) is 1.84. The summed E-state index contributed by atoms with van der Waals surface area (Å²) in [5.41, 5.74) is 5.28. The van der Waals surface area contributed by atoms with Gasteiger partial charge in [-0.2, -0.15) is 4.31 Å². The van der Waals surface area contributed by atoms with E-state index in [0.29, 0.717) is 19.0 Å². The minimum atomic E-state index is -3.17. The van der Waals surface area contributed by atoms with E-state index in [2.05, 4.69) is 6.92 Å². The highest BCUT2D eigenvalue weighted by atomic mass is 32.2. The number of piperidine rings is 1. The molecule has 5 nitrogen and oxygen atoms in total. The van der Waals surface area contributed by atoms with Crippen molar-refractivity contribution < 1.29 is 13.2 Å². The van der Waals surface area contributed by atoms with Gasteiger partial charge in [-0.25, -0.2) is 8.42 Å². The topological polar surface area (TPSA) is 72.6 Å². The Morgan fingerprint density at radius 2 is 2.20 bits per heavy atom. The monoisotopic (exact) mass is 236 g/mol. The van der Waals surface area contributed by atoms with Crippen molar-refractivity contribution in [3.63, 3.8) is 0 Å². The highest BCUT2D eigenvalue weighted by Crippen LogP contribution is 2.21. The van der Waals surface area contributed by atoms with Gasteiger partial charge in [-0.1, -0.05) is 6.92 Å². The second kappa shape index (κ2) is 5.25. The van der Waals surface area contributed by atoms with Gasteiger partial charge in [-0.15, -0.1) is 0 Å². The predicted octanol–water partition coefficient (Wildman–Crippen LogP) is -0.368. The zero-order valence-corrected chi connectivity index (χ0v) is 10.2. The standard InChI is InChI=1S/C9H20N2O3S/c1-8-3-5-11(7-9(8)14-2)15(12,13)6-4-10/h8-9H,3-7,10H2,1-2H3. The van der Waals surface area contributed by atoms with Crippen LogP contribution < -0.4 is 5.73 Å². The van der Waals surface area contributed by atoms with Crippen LogP contribution in [0.1, 0.15) is 13.3 Å². The maximum atomic E-state index is 11.7. The number of nitrogens with zero attached hydrogens (tertiary/aromatic N) is 1. The predicted molar refractivity (Wildman–Crippen MR) is 59.0 cm³/mol. The second-order valence-electron chi connectivity index (χ2n) is 4.00. The second-order valence-corrected chi connectivity index (χ2v) is 6.09. The normalized spacial score (nSPS) is 29.3.